The van der Waals surface area contributed by atoms with Crippen molar-refractivity contribution >= 4 is 34.8 Å². The Morgan fingerprint density at radius 2 is 1.62 bits per heavy atom. The first-order chi connectivity index (χ1) is 11.5. The van der Waals surface area contributed by atoms with Gasteiger partial charge in [-0.25, -0.2) is 0 Å². The lowest BCUT2D eigenvalue weighted by molar-refractivity contribution is 0.0535. The van der Waals surface area contributed by atoms with Crippen molar-refractivity contribution in [2.45, 2.75) is 13.8 Å². The third-order valence-corrected chi connectivity index (χ3v) is 5.40. The fraction of sp³-hybridized carbons (Fsp3) is 0.333. The molecule has 1 fully saturated rings. The molecule has 1 aromatic heterocycles. The van der Waals surface area contributed by atoms with E-state index in [-0.39, 0.29) is 11.8 Å². The molecule has 126 valence electrons. The summed E-state index contributed by atoms with van der Waals surface area (Å²) in [5, 5.41) is 0.554. The Labute approximate surface area is 150 Å². The van der Waals surface area contributed by atoms with Crippen molar-refractivity contribution in [2.24, 2.45) is 0 Å². The highest BCUT2D eigenvalue weighted by atomic mass is 35.5. The second-order valence-corrected chi connectivity index (χ2v) is 7.82. The SMILES string of the molecule is Cc1cc(C(=O)N2CCN(C(=O)c3cccc(Cl)c3)CC2)c(C)s1. The lowest BCUT2D eigenvalue weighted by atomic mass is 10.1. The number of carbonyl (C=O) groups is 2. The van der Waals surface area contributed by atoms with Crippen LogP contribution in [0.5, 0.6) is 0 Å². The summed E-state index contributed by atoms with van der Waals surface area (Å²) in [6.07, 6.45) is 0. The van der Waals surface area contributed by atoms with E-state index >= 15 is 0 Å². The van der Waals surface area contributed by atoms with Gasteiger partial charge in [-0.3, -0.25) is 9.59 Å². The van der Waals surface area contributed by atoms with Gasteiger partial charge in [0.1, 0.15) is 0 Å². The van der Waals surface area contributed by atoms with Gasteiger partial charge in [-0.1, -0.05) is 17.7 Å². The molecule has 1 aromatic carbocycles. The summed E-state index contributed by atoms with van der Waals surface area (Å²) in [7, 11) is 0. The number of thiophene rings is 1. The fourth-order valence-electron chi connectivity index (χ4n) is 2.93. The summed E-state index contributed by atoms with van der Waals surface area (Å²) < 4.78 is 0. The average molecular weight is 363 g/mol. The van der Waals surface area contributed by atoms with Gasteiger partial charge in [-0.2, -0.15) is 0 Å². The first-order valence-corrected chi connectivity index (χ1v) is 9.06. The van der Waals surface area contributed by atoms with E-state index in [2.05, 4.69) is 0 Å². The highest BCUT2D eigenvalue weighted by Gasteiger charge is 2.26. The Morgan fingerprint density at radius 1 is 1.00 bits per heavy atom. The number of piperazine rings is 1. The van der Waals surface area contributed by atoms with Crippen LogP contribution < -0.4 is 0 Å². The third kappa shape index (κ3) is 3.47. The van der Waals surface area contributed by atoms with Crippen molar-refractivity contribution in [1.29, 1.82) is 0 Å². The Hall–Kier alpha value is -1.85. The van der Waals surface area contributed by atoms with E-state index in [4.69, 9.17) is 11.6 Å². The number of amides is 2. The minimum atomic E-state index is -0.0350. The molecule has 0 aliphatic carbocycles. The minimum absolute atomic E-state index is 0.0350. The van der Waals surface area contributed by atoms with Gasteiger partial charge in [0.25, 0.3) is 11.8 Å². The fourth-order valence-corrected chi connectivity index (χ4v) is 4.04. The first kappa shape index (κ1) is 17.0. The number of halogens is 1. The van der Waals surface area contributed by atoms with Gasteiger partial charge in [-0.05, 0) is 38.1 Å². The van der Waals surface area contributed by atoms with E-state index in [1.807, 2.05) is 24.8 Å². The quantitative estimate of drug-likeness (QED) is 0.818. The number of rotatable bonds is 2. The lowest BCUT2D eigenvalue weighted by Crippen LogP contribution is -2.50. The van der Waals surface area contributed by atoms with Gasteiger partial charge in [0.15, 0.2) is 0 Å². The van der Waals surface area contributed by atoms with Crippen LogP contribution in [0.4, 0.5) is 0 Å². The molecule has 0 saturated carbocycles. The van der Waals surface area contributed by atoms with Crippen LogP contribution in [0.1, 0.15) is 30.5 Å². The molecule has 24 heavy (non-hydrogen) atoms. The number of hydrogen-bond donors (Lipinski definition) is 0. The number of hydrogen-bond acceptors (Lipinski definition) is 3. The second kappa shape index (κ2) is 6.95. The Morgan fingerprint density at radius 3 is 2.17 bits per heavy atom. The van der Waals surface area contributed by atoms with Crippen molar-refractivity contribution in [3.05, 3.63) is 56.2 Å². The van der Waals surface area contributed by atoms with Gasteiger partial charge in [0, 0.05) is 46.5 Å². The van der Waals surface area contributed by atoms with Gasteiger partial charge in [-0.15, -0.1) is 11.3 Å². The zero-order chi connectivity index (χ0) is 17.3. The van der Waals surface area contributed by atoms with E-state index < -0.39 is 0 Å². The van der Waals surface area contributed by atoms with Crippen LogP contribution >= 0.6 is 22.9 Å². The van der Waals surface area contributed by atoms with E-state index in [1.165, 1.54) is 0 Å². The van der Waals surface area contributed by atoms with Crippen molar-refractivity contribution < 1.29 is 9.59 Å². The molecule has 2 amide bonds. The van der Waals surface area contributed by atoms with Gasteiger partial charge < -0.3 is 9.80 Å². The van der Waals surface area contributed by atoms with Gasteiger partial charge in [0.2, 0.25) is 0 Å². The highest BCUT2D eigenvalue weighted by Crippen LogP contribution is 2.23. The third-order valence-electron chi connectivity index (χ3n) is 4.20. The standard InChI is InChI=1S/C18H19ClN2O2S/c1-12-10-16(13(2)24-12)18(23)21-8-6-20(7-9-21)17(22)14-4-3-5-15(19)11-14/h3-5,10-11H,6-9H2,1-2H3. The molecule has 0 N–H and O–H groups in total. The Kier molecular flexibility index (Phi) is 4.92. The van der Waals surface area contributed by atoms with Crippen molar-refractivity contribution in [3.63, 3.8) is 0 Å². The zero-order valence-corrected chi connectivity index (χ0v) is 15.3. The predicted octanol–water partition coefficient (Wildman–Crippen LogP) is 3.62. The molecule has 6 heteroatoms. The molecule has 4 nitrogen and oxygen atoms in total. The normalized spacial score (nSPS) is 14.8. The molecular weight excluding hydrogens is 344 g/mol. The maximum atomic E-state index is 12.6. The molecule has 1 saturated heterocycles. The van der Waals surface area contributed by atoms with E-state index in [0.29, 0.717) is 36.8 Å². The molecule has 0 unspecified atom stereocenters. The van der Waals surface area contributed by atoms with E-state index in [1.54, 1.807) is 40.5 Å². The average Bonchev–Trinajstić information content (AvgIpc) is 2.92. The van der Waals surface area contributed by atoms with Gasteiger partial charge >= 0.3 is 0 Å². The molecule has 1 aliphatic rings. The smallest absolute Gasteiger partial charge is 0.255 e. The molecule has 1 aliphatic heterocycles. The predicted molar refractivity (Wildman–Crippen MR) is 97.1 cm³/mol. The van der Waals surface area contributed by atoms with Crippen molar-refractivity contribution in [3.8, 4) is 0 Å². The summed E-state index contributed by atoms with van der Waals surface area (Å²) in [6, 6.07) is 8.92. The Balaban J connectivity index is 1.64. The van der Waals surface area contributed by atoms with Crippen LogP contribution in [0, 0.1) is 13.8 Å². The van der Waals surface area contributed by atoms with Gasteiger partial charge in [0.05, 0.1) is 5.56 Å². The summed E-state index contributed by atoms with van der Waals surface area (Å²) in [5.41, 5.74) is 1.37. The summed E-state index contributed by atoms with van der Waals surface area (Å²) >= 11 is 7.60. The molecule has 2 aromatic rings. The number of nitrogens with zero attached hydrogens (tertiary/aromatic N) is 2. The summed E-state index contributed by atoms with van der Waals surface area (Å²) in [6.45, 7) is 6.18. The Bertz CT molecular complexity index is 779. The van der Waals surface area contributed by atoms with E-state index in [0.717, 1.165) is 15.3 Å². The summed E-state index contributed by atoms with van der Waals surface area (Å²) in [4.78, 5) is 31.0. The zero-order valence-electron chi connectivity index (χ0n) is 13.7. The number of aryl methyl sites for hydroxylation is 2. The van der Waals surface area contributed by atoms with Crippen LogP contribution in [-0.4, -0.2) is 47.8 Å². The molecular formula is C18H19ClN2O2S. The van der Waals surface area contributed by atoms with Crippen LogP contribution in [-0.2, 0) is 0 Å². The maximum Gasteiger partial charge on any atom is 0.255 e. The van der Waals surface area contributed by atoms with Crippen LogP contribution in [0.2, 0.25) is 5.02 Å². The van der Waals surface area contributed by atoms with Crippen LogP contribution in [0.15, 0.2) is 30.3 Å². The first-order valence-electron chi connectivity index (χ1n) is 7.87. The highest BCUT2D eigenvalue weighted by molar-refractivity contribution is 7.12. The summed E-state index contributed by atoms with van der Waals surface area (Å²) in [5.74, 6) is 0.0267. The molecule has 0 spiro atoms. The molecule has 0 bridgehead atoms. The molecule has 3 rings (SSSR count). The second-order valence-electron chi connectivity index (χ2n) is 5.92. The van der Waals surface area contributed by atoms with Crippen molar-refractivity contribution in [1.82, 2.24) is 9.80 Å². The minimum Gasteiger partial charge on any atom is -0.335 e. The number of benzene rings is 1. The number of carbonyl (C=O) groups excluding carboxylic acids is 2. The van der Waals surface area contributed by atoms with Crippen molar-refractivity contribution in [2.75, 3.05) is 26.2 Å². The largest absolute Gasteiger partial charge is 0.335 e. The van der Waals surface area contributed by atoms with Crippen LogP contribution in [0.3, 0.4) is 0 Å². The molecule has 0 atom stereocenters. The molecule has 2 heterocycles. The maximum absolute atomic E-state index is 12.6. The van der Waals surface area contributed by atoms with E-state index in [9.17, 15) is 9.59 Å². The molecule has 0 radical (unpaired) electrons. The topological polar surface area (TPSA) is 40.6 Å². The monoisotopic (exact) mass is 362 g/mol. The van der Waals surface area contributed by atoms with Crippen LogP contribution in [0.25, 0.3) is 0 Å². The lowest BCUT2D eigenvalue weighted by Gasteiger charge is -2.34.